The molecular formula is C14H15ClF3N3O2S. The molecule has 1 amide bonds. The van der Waals surface area contributed by atoms with Gasteiger partial charge in [-0.05, 0) is 17.7 Å². The Morgan fingerprint density at radius 1 is 1.38 bits per heavy atom. The maximum absolute atomic E-state index is 12.1. The van der Waals surface area contributed by atoms with Gasteiger partial charge in [0.15, 0.2) is 6.61 Å². The van der Waals surface area contributed by atoms with Crippen LogP contribution in [0, 0.1) is 0 Å². The fourth-order valence-corrected chi connectivity index (χ4v) is 2.35. The molecule has 0 spiro atoms. The Labute approximate surface area is 146 Å². The number of nitrogens with two attached hydrogens (primary N) is 1. The molecule has 132 valence electrons. The van der Waals surface area contributed by atoms with Crippen molar-refractivity contribution in [3.8, 4) is 5.75 Å². The summed E-state index contributed by atoms with van der Waals surface area (Å²) >= 11 is 1.29. The molecule has 24 heavy (non-hydrogen) atoms. The van der Waals surface area contributed by atoms with Gasteiger partial charge in [-0.2, -0.15) is 13.2 Å². The number of ether oxygens (including phenoxy) is 1. The number of amides is 1. The van der Waals surface area contributed by atoms with Crippen LogP contribution in [0.2, 0.25) is 0 Å². The number of alkyl halides is 3. The smallest absolute Gasteiger partial charge is 0.422 e. The monoisotopic (exact) mass is 381 g/mol. The van der Waals surface area contributed by atoms with E-state index >= 15 is 0 Å². The van der Waals surface area contributed by atoms with Crippen molar-refractivity contribution in [3.63, 3.8) is 0 Å². The fraction of sp³-hybridized carbons (Fsp3) is 0.286. The number of nitrogens with one attached hydrogen (secondary N) is 1. The molecule has 1 aromatic carbocycles. The third kappa shape index (κ3) is 6.34. The highest BCUT2D eigenvalue weighted by Gasteiger charge is 2.28. The molecule has 10 heteroatoms. The molecule has 1 aromatic heterocycles. The van der Waals surface area contributed by atoms with Crippen molar-refractivity contribution in [2.75, 3.05) is 6.61 Å². The van der Waals surface area contributed by atoms with Gasteiger partial charge in [0.1, 0.15) is 16.5 Å². The molecule has 0 fully saturated rings. The number of halogens is 4. The van der Waals surface area contributed by atoms with E-state index in [0.29, 0.717) is 10.6 Å². The van der Waals surface area contributed by atoms with Crippen LogP contribution in [0.4, 0.5) is 13.2 Å². The Morgan fingerprint density at radius 3 is 2.75 bits per heavy atom. The Kier molecular flexibility index (Phi) is 7.46. The maximum Gasteiger partial charge on any atom is 0.422 e. The lowest BCUT2D eigenvalue weighted by molar-refractivity contribution is -0.153. The van der Waals surface area contributed by atoms with Crippen molar-refractivity contribution in [1.29, 1.82) is 0 Å². The first-order valence-corrected chi connectivity index (χ1v) is 7.46. The standard InChI is InChI=1S/C14H14F3N3O2S.ClH/c15-14(16,17)8-22-10-3-1-2-9(4-10)6-19-13(21)11-7-23-12(5-18)20-11;/h1-4,7H,5-6,8,18H2,(H,19,21);1H. The van der Waals surface area contributed by atoms with E-state index in [4.69, 9.17) is 5.73 Å². The topological polar surface area (TPSA) is 77.2 Å². The quantitative estimate of drug-likeness (QED) is 0.806. The summed E-state index contributed by atoms with van der Waals surface area (Å²) in [5.41, 5.74) is 6.31. The Morgan fingerprint density at radius 2 is 2.12 bits per heavy atom. The molecule has 0 aliphatic heterocycles. The average molecular weight is 382 g/mol. The van der Waals surface area contributed by atoms with Gasteiger partial charge in [0.05, 0.1) is 0 Å². The van der Waals surface area contributed by atoms with Gasteiger partial charge in [-0.3, -0.25) is 4.79 Å². The minimum absolute atomic E-state index is 0. The van der Waals surface area contributed by atoms with Crippen molar-refractivity contribution < 1.29 is 22.7 Å². The third-order valence-corrected chi connectivity index (χ3v) is 3.58. The molecule has 0 aliphatic carbocycles. The molecule has 1 heterocycles. The second kappa shape index (κ2) is 8.86. The molecule has 0 saturated heterocycles. The molecular weight excluding hydrogens is 367 g/mol. The van der Waals surface area contributed by atoms with E-state index < -0.39 is 12.8 Å². The predicted octanol–water partition coefficient (Wildman–Crippen LogP) is 2.89. The lowest BCUT2D eigenvalue weighted by Gasteiger charge is -2.10. The lowest BCUT2D eigenvalue weighted by atomic mass is 10.2. The zero-order valence-corrected chi connectivity index (χ0v) is 13.9. The fourth-order valence-electron chi connectivity index (χ4n) is 1.69. The van der Waals surface area contributed by atoms with Crippen LogP contribution in [0.1, 0.15) is 21.1 Å². The highest BCUT2D eigenvalue weighted by molar-refractivity contribution is 7.09. The summed E-state index contributed by atoms with van der Waals surface area (Å²) in [4.78, 5) is 15.9. The van der Waals surface area contributed by atoms with E-state index in [1.54, 1.807) is 17.5 Å². The first-order chi connectivity index (χ1) is 10.9. The van der Waals surface area contributed by atoms with E-state index in [9.17, 15) is 18.0 Å². The number of benzene rings is 1. The zero-order chi connectivity index (χ0) is 16.9. The summed E-state index contributed by atoms with van der Waals surface area (Å²) in [5, 5.41) is 4.89. The Hall–Kier alpha value is -1.84. The van der Waals surface area contributed by atoms with Crippen LogP contribution in [0.3, 0.4) is 0 Å². The Bertz CT molecular complexity index is 679. The van der Waals surface area contributed by atoms with Crippen LogP contribution in [0.5, 0.6) is 5.75 Å². The van der Waals surface area contributed by atoms with Crippen molar-refractivity contribution in [2.24, 2.45) is 5.73 Å². The number of hydrogen-bond donors (Lipinski definition) is 2. The van der Waals surface area contributed by atoms with Crippen molar-refractivity contribution in [2.45, 2.75) is 19.3 Å². The molecule has 0 atom stereocenters. The van der Waals surface area contributed by atoms with Crippen molar-refractivity contribution >= 4 is 29.7 Å². The van der Waals surface area contributed by atoms with E-state index in [2.05, 4.69) is 15.0 Å². The molecule has 0 aliphatic rings. The second-order valence-electron chi connectivity index (χ2n) is 4.56. The van der Waals surface area contributed by atoms with E-state index in [1.165, 1.54) is 23.5 Å². The number of hydrogen-bond acceptors (Lipinski definition) is 5. The minimum atomic E-state index is -4.39. The highest BCUT2D eigenvalue weighted by atomic mass is 35.5. The van der Waals surface area contributed by atoms with Crippen LogP contribution in [-0.4, -0.2) is 23.7 Å². The molecule has 2 rings (SSSR count). The summed E-state index contributed by atoms with van der Waals surface area (Å²) in [5.74, 6) is -0.282. The first kappa shape index (κ1) is 20.2. The SMILES string of the molecule is Cl.NCc1nc(C(=O)NCc2cccc(OCC(F)(F)F)c2)cs1. The van der Waals surface area contributed by atoms with Crippen LogP contribution in [0.15, 0.2) is 29.6 Å². The number of carbonyl (C=O) groups is 1. The number of nitrogens with zero attached hydrogens (tertiary/aromatic N) is 1. The van der Waals surface area contributed by atoms with E-state index in [1.807, 2.05) is 0 Å². The van der Waals surface area contributed by atoms with Gasteiger partial charge in [0.2, 0.25) is 0 Å². The number of rotatable bonds is 6. The predicted molar refractivity (Wildman–Crippen MR) is 86.4 cm³/mol. The molecule has 3 N–H and O–H groups in total. The minimum Gasteiger partial charge on any atom is -0.484 e. The molecule has 0 bridgehead atoms. The third-order valence-electron chi connectivity index (χ3n) is 2.71. The van der Waals surface area contributed by atoms with Gasteiger partial charge < -0.3 is 15.8 Å². The van der Waals surface area contributed by atoms with Crippen molar-refractivity contribution in [1.82, 2.24) is 10.3 Å². The lowest BCUT2D eigenvalue weighted by Crippen LogP contribution is -2.23. The highest BCUT2D eigenvalue weighted by Crippen LogP contribution is 2.19. The number of thiazole rings is 1. The summed E-state index contributed by atoms with van der Waals surface area (Å²) < 4.78 is 41.0. The van der Waals surface area contributed by atoms with Gasteiger partial charge in [-0.15, -0.1) is 23.7 Å². The van der Waals surface area contributed by atoms with E-state index in [-0.39, 0.29) is 42.8 Å². The second-order valence-corrected chi connectivity index (χ2v) is 5.51. The maximum atomic E-state index is 12.1. The number of aromatic nitrogens is 1. The molecule has 0 radical (unpaired) electrons. The van der Waals surface area contributed by atoms with Crippen LogP contribution >= 0.6 is 23.7 Å². The van der Waals surface area contributed by atoms with Crippen LogP contribution in [0.25, 0.3) is 0 Å². The van der Waals surface area contributed by atoms with Gasteiger partial charge >= 0.3 is 6.18 Å². The normalized spacial score (nSPS) is 10.8. The van der Waals surface area contributed by atoms with Gasteiger partial charge in [-0.25, -0.2) is 4.98 Å². The van der Waals surface area contributed by atoms with Crippen molar-refractivity contribution in [3.05, 3.63) is 45.9 Å². The first-order valence-electron chi connectivity index (χ1n) is 6.58. The average Bonchev–Trinajstić information content (AvgIpc) is 2.99. The van der Waals surface area contributed by atoms with Crippen LogP contribution < -0.4 is 15.8 Å². The van der Waals surface area contributed by atoms with Gasteiger partial charge in [0, 0.05) is 18.5 Å². The number of carbonyl (C=O) groups excluding carboxylic acids is 1. The van der Waals surface area contributed by atoms with E-state index in [0.717, 1.165) is 0 Å². The van der Waals surface area contributed by atoms with Crippen LogP contribution in [-0.2, 0) is 13.1 Å². The van der Waals surface area contributed by atoms with Gasteiger partial charge in [0.25, 0.3) is 5.91 Å². The Balaban J connectivity index is 0.00000288. The summed E-state index contributed by atoms with van der Waals surface area (Å²) in [6.45, 7) is -0.947. The zero-order valence-electron chi connectivity index (χ0n) is 12.3. The summed E-state index contributed by atoms with van der Waals surface area (Å²) in [6.07, 6.45) is -4.39. The molecule has 0 saturated carbocycles. The summed E-state index contributed by atoms with van der Waals surface area (Å²) in [6, 6.07) is 6.10. The molecule has 5 nitrogen and oxygen atoms in total. The molecule has 2 aromatic rings. The summed E-state index contributed by atoms with van der Waals surface area (Å²) in [7, 11) is 0. The molecule has 0 unspecified atom stereocenters. The largest absolute Gasteiger partial charge is 0.484 e. The van der Waals surface area contributed by atoms with Gasteiger partial charge in [-0.1, -0.05) is 12.1 Å².